The topological polar surface area (TPSA) is 56.5 Å². The molecular formula is C17H24N2O2. The van der Waals surface area contributed by atoms with E-state index >= 15 is 0 Å². The Kier molecular flexibility index (Phi) is 6.04. The van der Waals surface area contributed by atoms with Gasteiger partial charge in [0.25, 0.3) is 0 Å². The molecule has 1 aliphatic carbocycles. The zero-order valence-corrected chi connectivity index (χ0v) is 12.7. The first kappa shape index (κ1) is 15.8. The molecule has 1 N–H and O–H groups in total. The highest BCUT2D eigenvalue weighted by atomic mass is 16.5. The molecule has 1 saturated carbocycles. The van der Waals surface area contributed by atoms with Crippen molar-refractivity contribution in [3.63, 3.8) is 0 Å². The van der Waals surface area contributed by atoms with Gasteiger partial charge in [-0.2, -0.15) is 5.26 Å². The van der Waals surface area contributed by atoms with E-state index in [0.29, 0.717) is 17.9 Å². The predicted octanol–water partition coefficient (Wildman–Crippen LogP) is 2.42. The Morgan fingerprint density at radius 2 is 2.10 bits per heavy atom. The van der Waals surface area contributed by atoms with Crippen molar-refractivity contribution in [1.29, 1.82) is 5.26 Å². The average Bonchev–Trinajstić information content (AvgIpc) is 3.30. The molecule has 2 rings (SSSR count). The van der Waals surface area contributed by atoms with E-state index in [-0.39, 0.29) is 6.61 Å². The molecule has 1 atom stereocenters. The molecule has 4 heteroatoms. The lowest BCUT2D eigenvalue weighted by atomic mass is 10.2. The van der Waals surface area contributed by atoms with Crippen molar-refractivity contribution < 1.29 is 9.84 Å². The minimum Gasteiger partial charge on any atom is -0.491 e. The Bertz CT molecular complexity index is 463. The zero-order valence-electron chi connectivity index (χ0n) is 12.7. The molecule has 0 saturated heterocycles. The van der Waals surface area contributed by atoms with Gasteiger partial charge < -0.3 is 14.7 Å². The van der Waals surface area contributed by atoms with Gasteiger partial charge in [0.2, 0.25) is 0 Å². The Balaban J connectivity index is 1.74. The molecule has 1 unspecified atom stereocenters. The largest absolute Gasteiger partial charge is 0.491 e. The number of ether oxygens (including phenoxy) is 1. The van der Waals surface area contributed by atoms with Crippen molar-refractivity contribution in [2.75, 3.05) is 26.2 Å². The number of hydrogen-bond acceptors (Lipinski definition) is 4. The van der Waals surface area contributed by atoms with Gasteiger partial charge in [-0.3, -0.25) is 0 Å². The van der Waals surface area contributed by atoms with Gasteiger partial charge in [-0.1, -0.05) is 6.92 Å². The van der Waals surface area contributed by atoms with Crippen LogP contribution in [0, 0.1) is 17.2 Å². The highest BCUT2D eigenvalue weighted by Gasteiger charge is 2.25. The third kappa shape index (κ3) is 5.74. The van der Waals surface area contributed by atoms with Crippen LogP contribution in [0.5, 0.6) is 5.75 Å². The molecule has 0 aromatic heterocycles. The van der Waals surface area contributed by atoms with E-state index < -0.39 is 6.10 Å². The summed E-state index contributed by atoms with van der Waals surface area (Å²) < 4.78 is 5.58. The van der Waals surface area contributed by atoms with E-state index in [2.05, 4.69) is 17.9 Å². The fraction of sp³-hybridized carbons (Fsp3) is 0.588. The second-order valence-corrected chi connectivity index (χ2v) is 5.80. The third-order valence-electron chi connectivity index (χ3n) is 3.65. The summed E-state index contributed by atoms with van der Waals surface area (Å²) in [7, 11) is 0. The van der Waals surface area contributed by atoms with Crippen molar-refractivity contribution >= 4 is 0 Å². The first-order chi connectivity index (χ1) is 10.2. The number of nitrogens with zero attached hydrogens (tertiary/aromatic N) is 2. The van der Waals surface area contributed by atoms with E-state index in [1.165, 1.54) is 12.8 Å². The zero-order chi connectivity index (χ0) is 15.1. The maximum atomic E-state index is 10.1. The van der Waals surface area contributed by atoms with Gasteiger partial charge in [0, 0.05) is 13.1 Å². The van der Waals surface area contributed by atoms with Gasteiger partial charge in [0.15, 0.2) is 0 Å². The van der Waals surface area contributed by atoms with Crippen LogP contribution in [0.25, 0.3) is 0 Å². The predicted molar refractivity (Wildman–Crippen MR) is 82.1 cm³/mol. The number of nitriles is 1. The first-order valence-corrected chi connectivity index (χ1v) is 7.74. The fourth-order valence-electron chi connectivity index (χ4n) is 2.41. The minimum atomic E-state index is -0.481. The summed E-state index contributed by atoms with van der Waals surface area (Å²) in [5, 5.41) is 18.9. The second-order valence-electron chi connectivity index (χ2n) is 5.80. The van der Waals surface area contributed by atoms with Crippen molar-refractivity contribution in [3.8, 4) is 11.8 Å². The van der Waals surface area contributed by atoms with Crippen LogP contribution in [-0.4, -0.2) is 42.4 Å². The van der Waals surface area contributed by atoms with E-state index in [1.54, 1.807) is 24.3 Å². The van der Waals surface area contributed by atoms with Crippen LogP contribution in [0.15, 0.2) is 24.3 Å². The molecule has 1 fully saturated rings. The van der Waals surface area contributed by atoms with Crippen LogP contribution < -0.4 is 4.74 Å². The molecule has 21 heavy (non-hydrogen) atoms. The van der Waals surface area contributed by atoms with Crippen molar-refractivity contribution in [1.82, 2.24) is 4.90 Å². The van der Waals surface area contributed by atoms with Crippen molar-refractivity contribution in [2.45, 2.75) is 32.3 Å². The lowest BCUT2D eigenvalue weighted by Crippen LogP contribution is -2.37. The molecule has 114 valence electrons. The maximum Gasteiger partial charge on any atom is 0.119 e. The fourth-order valence-corrected chi connectivity index (χ4v) is 2.41. The molecule has 0 heterocycles. The lowest BCUT2D eigenvalue weighted by Gasteiger charge is -2.24. The number of aliphatic hydroxyl groups excluding tert-OH is 1. The SMILES string of the molecule is CCCN(CC(O)COc1ccc(C#N)cc1)CC1CC1. The summed E-state index contributed by atoms with van der Waals surface area (Å²) in [6.45, 7) is 5.25. The van der Waals surface area contributed by atoms with Crippen LogP contribution in [0.3, 0.4) is 0 Å². The monoisotopic (exact) mass is 288 g/mol. The molecule has 1 aromatic rings. The quantitative estimate of drug-likeness (QED) is 0.758. The van der Waals surface area contributed by atoms with Gasteiger partial charge in [0.1, 0.15) is 18.5 Å². The van der Waals surface area contributed by atoms with Crippen LogP contribution >= 0.6 is 0 Å². The van der Waals surface area contributed by atoms with Gasteiger partial charge in [0.05, 0.1) is 11.6 Å². The Hall–Kier alpha value is -1.57. The molecule has 0 aliphatic heterocycles. The van der Waals surface area contributed by atoms with Gasteiger partial charge in [-0.05, 0) is 56.0 Å². The van der Waals surface area contributed by atoms with Gasteiger partial charge >= 0.3 is 0 Å². The molecule has 0 radical (unpaired) electrons. The smallest absolute Gasteiger partial charge is 0.119 e. The van der Waals surface area contributed by atoms with Crippen LogP contribution in [0.2, 0.25) is 0 Å². The second kappa shape index (κ2) is 8.02. The molecule has 0 spiro atoms. The standard InChI is InChI=1S/C17H24N2O2/c1-2-9-19(11-15-3-4-15)12-16(20)13-21-17-7-5-14(10-18)6-8-17/h5-8,15-16,20H,2-4,9,11-13H2,1H3. The molecule has 4 nitrogen and oxygen atoms in total. The molecule has 0 bridgehead atoms. The summed E-state index contributed by atoms with van der Waals surface area (Å²) in [6, 6.07) is 9.04. The van der Waals surface area contributed by atoms with E-state index in [1.807, 2.05) is 0 Å². The van der Waals surface area contributed by atoms with E-state index in [0.717, 1.165) is 25.4 Å². The highest BCUT2D eigenvalue weighted by Crippen LogP contribution is 2.29. The minimum absolute atomic E-state index is 0.288. The number of aliphatic hydroxyl groups is 1. The van der Waals surface area contributed by atoms with Gasteiger partial charge in [-0.25, -0.2) is 0 Å². The van der Waals surface area contributed by atoms with Crippen LogP contribution in [0.1, 0.15) is 31.7 Å². The van der Waals surface area contributed by atoms with Crippen molar-refractivity contribution in [2.24, 2.45) is 5.92 Å². The number of rotatable bonds is 9. The van der Waals surface area contributed by atoms with Crippen LogP contribution in [-0.2, 0) is 0 Å². The third-order valence-corrected chi connectivity index (χ3v) is 3.65. The summed E-state index contributed by atoms with van der Waals surface area (Å²) in [4.78, 5) is 2.34. The summed E-state index contributed by atoms with van der Waals surface area (Å²) >= 11 is 0. The lowest BCUT2D eigenvalue weighted by molar-refractivity contribution is 0.0665. The molecule has 0 amide bonds. The summed E-state index contributed by atoms with van der Waals surface area (Å²) in [5.74, 6) is 1.53. The Morgan fingerprint density at radius 1 is 1.38 bits per heavy atom. The molecular weight excluding hydrogens is 264 g/mol. The number of hydrogen-bond donors (Lipinski definition) is 1. The highest BCUT2D eigenvalue weighted by molar-refractivity contribution is 5.34. The van der Waals surface area contributed by atoms with E-state index in [4.69, 9.17) is 10.00 Å². The molecule has 1 aliphatic rings. The van der Waals surface area contributed by atoms with Crippen LogP contribution in [0.4, 0.5) is 0 Å². The number of benzene rings is 1. The molecule has 1 aromatic carbocycles. The average molecular weight is 288 g/mol. The summed E-state index contributed by atoms with van der Waals surface area (Å²) in [6.07, 6.45) is 3.29. The van der Waals surface area contributed by atoms with E-state index in [9.17, 15) is 5.11 Å². The Morgan fingerprint density at radius 3 is 2.67 bits per heavy atom. The summed E-state index contributed by atoms with van der Waals surface area (Å²) in [5.41, 5.74) is 0.612. The normalized spacial score (nSPS) is 15.7. The first-order valence-electron chi connectivity index (χ1n) is 7.74. The van der Waals surface area contributed by atoms with Crippen molar-refractivity contribution in [3.05, 3.63) is 29.8 Å². The Labute approximate surface area is 127 Å². The van der Waals surface area contributed by atoms with Gasteiger partial charge in [-0.15, -0.1) is 0 Å². The maximum absolute atomic E-state index is 10.1.